The van der Waals surface area contributed by atoms with Gasteiger partial charge in [0.05, 0.1) is 15.9 Å². The average molecular weight is 429 g/mol. The van der Waals surface area contributed by atoms with Gasteiger partial charge in [0, 0.05) is 13.0 Å². The predicted octanol–water partition coefficient (Wildman–Crippen LogP) is 2.08. The van der Waals surface area contributed by atoms with Gasteiger partial charge in [0.15, 0.2) is 0 Å². The summed E-state index contributed by atoms with van der Waals surface area (Å²) in [5, 5.41) is 9.41. The number of aromatic nitrogens is 4. The summed E-state index contributed by atoms with van der Waals surface area (Å²) >= 11 is 6.15. The van der Waals surface area contributed by atoms with Crippen LogP contribution in [0.5, 0.6) is 0 Å². The molecule has 4 N–H and O–H groups in total. The number of nitrogen functional groups attached to an aromatic ring is 2. The highest BCUT2D eigenvalue weighted by molar-refractivity contribution is 6.35. The highest BCUT2D eigenvalue weighted by Crippen LogP contribution is 2.19. The smallest absolute Gasteiger partial charge is 0.262 e. The second-order valence-electron chi connectivity index (χ2n) is 6.76. The highest BCUT2D eigenvalue weighted by Gasteiger charge is 2.12. The van der Waals surface area contributed by atoms with Gasteiger partial charge in [-0.2, -0.15) is 5.26 Å². The number of rotatable bonds is 5. The van der Waals surface area contributed by atoms with Crippen molar-refractivity contribution in [3.8, 4) is 6.07 Å². The Bertz CT molecular complexity index is 1100. The Labute approximate surface area is 179 Å². The number of hydrogen-bond donors (Lipinski definition) is 2. The van der Waals surface area contributed by atoms with Crippen molar-refractivity contribution in [2.45, 2.75) is 26.3 Å². The lowest BCUT2D eigenvalue weighted by molar-refractivity contribution is 0.382. The van der Waals surface area contributed by atoms with Crippen molar-refractivity contribution < 1.29 is 0 Å². The maximum Gasteiger partial charge on any atom is 0.262 e. The normalized spacial score (nSPS) is 10.5. The van der Waals surface area contributed by atoms with Crippen LogP contribution >= 0.6 is 11.6 Å². The van der Waals surface area contributed by atoms with Crippen LogP contribution in [-0.2, 0) is 13.0 Å². The van der Waals surface area contributed by atoms with E-state index in [0.717, 1.165) is 25.2 Å². The Morgan fingerprint density at radius 1 is 1.23 bits per heavy atom. The number of aryl methyl sites for hydroxylation is 1. The molecule has 0 unspecified atom stereocenters. The molecule has 10 heteroatoms. The van der Waals surface area contributed by atoms with E-state index >= 15 is 0 Å². The van der Waals surface area contributed by atoms with Crippen LogP contribution in [0.25, 0.3) is 10.9 Å². The number of halogens is 1. The minimum absolute atomic E-state index is 0.0313. The molecule has 3 rings (SSSR count). The van der Waals surface area contributed by atoms with Crippen molar-refractivity contribution in [2.24, 2.45) is 0 Å². The summed E-state index contributed by atoms with van der Waals surface area (Å²) in [6, 6.07) is 7.19. The first-order valence-corrected chi connectivity index (χ1v) is 9.76. The van der Waals surface area contributed by atoms with E-state index in [0.29, 0.717) is 22.5 Å². The molecule has 0 radical (unpaired) electrons. The van der Waals surface area contributed by atoms with E-state index in [1.807, 2.05) is 33.2 Å². The molecule has 0 atom stereocenters. The third kappa shape index (κ3) is 5.43. The molecule has 1 aromatic carbocycles. The van der Waals surface area contributed by atoms with Crippen LogP contribution in [0.1, 0.15) is 24.7 Å². The molecule has 0 saturated carbocycles. The molecule has 0 saturated heterocycles. The maximum atomic E-state index is 12.6. The molecule has 0 spiro atoms. The van der Waals surface area contributed by atoms with Crippen LogP contribution in [0.3, 0.4) is 0 Å². The molecule has 9 nitrogen and oxygen atoms in total. The van der Waals surface area contributed by atoms with E-state index in [1.54, 1.807) is 16.7 Å². The number of nitrogens with two attached hydrogens (primary N) is 2. The van der Waals surface area contributed by atoms with E-state index in [4.69, 9.17) is 28.3 Å². The molecule has 3 aromatic rings. The SMILES string of the molecule is CCc1nc2cccc(Cl)c2c(=O)n1CCCN(C)C.N#Cc1c(N)ncnc1N. The van der Waals surface area contributed by atoms with Crippen molar-refractivity contribution in [3.05, 3.63) is 51.3 Å². The summed E-state index contributed by atoms with van der Waals surface area (Å²) in [6.07, 6.45) is 2.86. The first-order valence-electron chi connectivity index (χ1n) is 9.38. The van der Waals surface area contributed by atoms with E-state index in [2.05, 4.69) is 19.9 Å². The highest BCUT2D eigenvalue weighted by atomic mass is 35.5. The minimum atomic E-state index is -0.0313. The van der Waals surface area contributed by atoms with Crippen LogP contribution in [0.2, 0.25) is 5.02 Å². The number of nitriles is 1. The summed E-state index contributed by atoms with van der Waals surface area (Å²) in [5.74, 6) is 1.06. The zero-order chi connectivity index (χ0) is 22.3. The third-order valence-electron chi connectivity index (χ3n) is 4.33. The topological polar surface area (TPSA) is 140 Å². The molecular formula is C20H25ClN8O. The van der Waals surface area contributed by atoms with Crippen LogP contribution in [-0.4, -0.2) is 45.1 Å². The molecule has 158 valence electrons. The molecule has 0 fully saturated rings. The summed E-state index contributed by atoms with van der Waals surface area (Å²) < 4.78 is 1.76. The van der Waals surface area contributed by atoms with E-state index in [9.17, 15) is 4.79 Å². The standard InChI is InChI=1S/C15H20ClN3O.C5H5N5/c1-4-13-17-12-8-5-7-11(16)14(12)15(20)19(13)10-6-9-18(2)3;6-1-3-4(7)9-2-10-5(3)8/h5,7-8H,4,6,9-10H2,1-3H3;2H,(H4,7,8,9,10). The quantitative estimate of drug-likeness (QED) is 0.629. The molecule has 0 amide bonds. The Morgan fingerprint density at radius 3 is 2.43 bits per heavy atom. The summed E-state index contributed by atoms with van der Waals surface area (Å²) in [7, 11) is 4.05. The van der Waals surface area contributed by atoms with Gasteiger partial charge in [-0.25, -0.2) is 15.0 Å². The lowest BCUT2D eigenvalue weighted by atomic mass is 10.2. The van der Waals surface area contributed by atoms with Gasteiger partial charge in [0.2, 0.25) is 0 Å². The van der Waals surface area contributed by atoms with Gasteiger partial charge in [0.25, 0.3) is 5.56 Å². The Balaban J connectivity index is 0.000000269. The second kappa shape index (κ2) is 10.5. The van der Waals surface area contributed by atoms with Gasteiger partial charge in [-0.05, 0) is 39.2 Å². The second-order valence-corrected chi connectivity index (χ2v) is 7.17. The summed E-state index contributed by atoms with van der Waals surface area (Å²) in [5.41, 5.74) is 11.4. The van der Waals surface area contributed by atoms with Crippen LogP contribution in [0, 0.1) is 11.3 Å². The molecule has 2 aromatic heterocycles. The first-order chi connectivity index (χ1) is 14.3. The number of hydrogen-bond acceptors (Lipinski definition) is 8. The van der Waals surface area contributed by atoms with Crippen molar-refractivity contribution in [1.82, 2.24) is 24.4 Å². The zero-order valence-electron chi connectivity index (χ0n) is 17.3. The fraction of sp³-hybridized carbons (Fsp3) is 0.350. The lowest BCUT2D eigenvalue weighted by Crippen LogP contribution is -2.27. The van der Waals surface area contributed by atoms with Gasteiger partial charge >= 0.3 is 0 Å². The van der Waals surface area contributed by atoms with Crippen LogP contribution in [0.4, 0.5) is 11.6 Å². The summed E-state index contributed by atoms with van der Waals surface area (Å²) in [6.45, 7) is 3.63. The zero-order valence-corrected chi connectivity index (χ0v) is 18.0. The Kier molecular flexibility index (Phi) is 8.09. The van der Waals surface area contributed by atoms with Gasteiger partial charge in [0.1, 0.15) is 35.4 Å². The Hall–Kier alpha value is -3.22. The van der Waals surface area contributed by atoms with Crippen LogP contribution < -0.4 is 17.0 Å². The molecule has 30 heavy (non-hydrogen) atoms. The molecule has 0 aliphatic heterocycles. The number of nitrogens with zero attached hydrogens (tertiary/aromatic N) is 6. The number of anilines is 2. The lowest BCUT2D eigenvalue weighted by Gasteiger charge is -2.14. The van der Waals surface area contributed by atoms with Gasteiger partial charge < -0.3 is 16.4 Å². The molecule has 0 bridgehead atoms. The predicted molar refractivity (Wildman–Crippen MR) is 119 cm³/mol. The molecule has 0 aliphatic rings. The van der Waals surface area contributed by atoms with Crippen molar-refractivity contribution >= 4 is 34.1 Å². The van der Waals surface area contributed by atoms with E-state index in [1.165, 1.54) is 6.33 Å². The molecule has 0 aliphatic carbocycles. The third-order valence-corrected chi connectivity index (χ3v) is 4.65. The minimum Gasteiger partial charge on any atom is -0.382 e. The molecule has 2 heterocycles. The maximum absolute atomic E-state index is 12.6. The van der Waals surface area contributed by atoms with Gasteiger partial charge in [-0.3, -0.25) is 9.36 Å². The first kappa shape index (κ1) is 23.1. The van der Waals surface area contributed by atoms with Gasteiger partial charge in [-0.15, -0.1) is 0 Å². The average Bonchev–Trinajstić information content (AvgIpc) is 2.70. The summed E-state index contributed by atoms with van der Waals surface area (Å²) in [4.78, 5) is 26.5. The van der Waals surface area contributed by atoms with E-state index < -0.39 is 0 Å². The van der Waals surface area contributed by atoms with Gasteiger partial charge in [-0.1, -0.05) is 24.6 Å². The van der Waals surface area contributed by atoms with Crippen molar-refractivity contribution in [3.63, 3.8) is 0 Å². The van der Waals surface area contributed by atoms with Crippen molar-refractivity contribution in [1.29, 1.82) is 5.26 Å². The fourth-order valence-electron chi connectivity index (χ4n) is 2.84. The number of fused-ring (bicyclic) bond motifs is 1. The largest absolute Gasteiger partial charge is 0.382 e. The monoisotopic (exact) mass is 428 g/mol. The Morgan fingerprint density at radius 2 is 1.90 bits per heavy atom. The van der Waals surface area contributed by atoms with Crippen LogP contribution in [0.15, 0.2) is 29.3 Å². The fourth-order valence-corrected chi connectivity index (χ4v) is 3.09. The number of benzene rings is 1. The molecular weight excluding hydrogens is 404 g/mol. The van der Waals surface area contributed by atoms with Crippen molar-refractivity contribution in [2.75, 3.05) is 32.1 Å². The van der Waals surface area contributed by atoms with E-state index in [-0.39, 0.29) is 22.8 Å².